The number of halogens is 2. The monoisotopic (exact) mass is 265 g/mol. The summed E-state index contributed by atoms with van der Waals surface area (Å²) in [5.74, 6) is 0. The quantitative estimate of drug-likeness (QED) is 0.583. The maximum absolute atomic E-state index is 5.58. The first-order valence-corrected chi connectivity index (χ1v) is 5.71. The lowest BCUT2D eigenvalue weighted by Gasteiger charge is -1.88. The van der Waals surface area contributed by atoms with Crippen LogP contribution in [0.1, 0.15) is 0 Å². The SMILES string of the molecule is Clc1ccccc1Cl.c1ccc2ocnc2c1. The second-order valence-electron chi connectivity index (χ2n) is 3.23. The third kappa shape index (κ3) is 3.22. The topological polar surface area (TPSA) is 26.0 Å². The van der Waals surface area contributed by atoms with Gasteiger partial charge >= 0.3 is 0 Å². The van der Waals surface area contributed by atoms with Crippen LogP contribution in [0, 0.1) is 0 Å². The fourth-order valence-electron chi connectivity index (χ4n) is 1.24. The van der Waals surface area contributed by atoms with Gasteiger partial charge in [0, 0.05) is 0 Å². The molecule has 4 heteroatoms. The number of para-hydroxylation sites is 2. The van der Waals surface area contributed by atoms with Crippen LogP contribution in [0.4, 0.5) is 0 Å². The van der Waals surface area contributed by atoms with Gasteiger partial charge in [0.1, 0.15) is 5.52 Å². The fourth-order valence-corrected chi connectivity index (χ4v) is 1.51. The number of fused-ring (bicyclic) bond motifs is 1. The highest BCUT2D eigenvalue weighted by Crippen LogP contribution is 2.19. The van der Waals surface area contributed by atoms with E-state index in [4.69, 9.17) is 27.6 Å². The maximum atomic E-state index is 5.58. The van der Waals surface area contributed by atoms with E-state index in [1.165, 1.54) is 6.39 Å². The predicted molar refractivity (Wildman–Crippen MR) is 70.5 cm³/mol. The Kier molecular flexibility index (Phi) is 4.02. The second kappa shape index (κ2) is 5.71. The van der Waals surface area contributed by atoms with Crippen molar-refractivity contribution in [1.82, 2.24) is 4.98 Å². The summed E-state index contributed by atoms with van der Waals surface area (Å²) in [6.45, 7) is 0. The van der Waals surface area contributed by atoms with Crippen molar-refractivity contribution in [2.24, 2.45) is 0 Å². The Balaban J connectivity index is 0.000000128. The summed E-state index contributed by atoms with van der Waals surface area (Å²) < 4.78 is 5.01. The molecule has 1 aromatic heterocycles. The third-order valence-electron chi connectivity index (χ3n) is 2.06. The summed E-state index contributed by atoms with van der Waals surface area (Å²) in [5.41, 5.74) is 1.76. The zero-order chi connectivity index (χ0) is 12.1. The zero-order valence-electron chi connectivity index (χ0n) is 8.81. The molecule has 0 N–H and O–H groups in total. The van der Waals surface area contributed by atoms with Crippen molar-refractivity contribution >= 4 is 34.3 Å². The lowest BCUT2D eigenvalue weighted by atomic mass is 10.3. The Bertz CT molecular complexity index is 556. The van der Waals surface area contributed by atoms with E-state index in [1.54, 1.807) is 12.1 Å². The van der Waals surface area contributed by atoms with Crippen LogP contribution in [0.3, 0.4) is 0 Å². The summed E-state index contributed by atoms with van der Waals surface area (Å²) in [6.07, 6.45) is 1.45. The van der Waals surface area contributed by atoms with Gasteiger partial charge in [-0.1, -0.05) is 47.5 Å². The molecule has 0 aliphatic heterocycles. The summed E-state index contributed by atoms with van der Waals surface area (Å²) in [4.78, 5) is 3.95. The van der Waals surface area contributed by atoms with Crippen molar-refractivity contribution in [3.05, 3.63) is 65.0 Å². The largest absolute Gasteiger partial charge is 0.443 e. The standard InChI is InChI=1S/C7H5NO.C6H4Cl2/c1-2-4-7-6(3-1)8-5-9-7;7-5-3-1-2-4-6(5)8/h1-5H;1-4H. The van der Waals surface area contributed by atoms with Gasteiger partial charge in [-0.25, -0.2) is 4.98 Å². The van der Waals surface area contributed by atoms with Crippen molar-refractivity contribution in [2.75, 3.05) is 0 Å². The van der Waals surface area contributed by atoms with Crippen LogP contribution in [0.15, 0.2) is 59.3 Å². The van der Waals surface area contributed by atoms with E-state index < -0.39 is 0 Å². The molecule has 86 valence electrons. The normalized spacial score (nSPS) is 9.76. The number of oxazole rings is 1. The number of hydrogen-bond donors (Lipinski definition) is 0. The van der Waals surface area contributed by atoms with Gasteiger partial charge in [0.25, 0.3) is 0 Å². The van der Waals surface area contributed by atoms with Crippen molar-refractivity contribution < 1.29 is 4.42 Å². The van der Waals surface area contributed by atoms with E-state index in [0.29, 0.717) is 10.0 Å². The summed E-state index contributed by atoms with van der Waals surface area (Å²) >= 11 is 11.2. The fraction of sp³-hybridized carbons (Fsp3) is 0. The zero-order valence-corrected chi connectivity index (χ0v) is 10.3. The van der Waals surface area contributed by atoms with Crippen LogP contribution in [-0.2, 0) is 0 Å². The third-order valence-corrected chi connectivity index (χ3v) is 2.82. The molecular formula is C13H9Cl2NO. The van der Waals surface area contributed by atoms with E-state index >= 15 is 0 Å². The van der Waals surface area contributed by atoms with E-state index in [2.05, 4.69) is 4.98 Å². The molecule has 0 bridgehead atoms. The van der Waals surface area contributed by atoms with Gasteiger partial charge in [-0.3, -0.25) is 0 Å². The van der Waals surface area contributed by atoms with Crippen molar-refractivity contribution in [1.29, 1.82) is 0 Å². The average Bonchev–Trinajstić information content (AvgIpc) is 2.82. The van der Waals surface area contributed by atoms with Crippen LogP contribution in [0.25, 0.3) is 11.1 Å². The molecule has 3 rings (SSSR count). The van der Waals surface area contributed by atoms with Gasteiger partial charge in [0.15, 0.2) is 12.0 Å². The molecule has 0 saturated heterocycles. The molecular weight excluding hydrogens is 257 g/mol. The van der Waals surface area contributed by atoms with E-state index in [1.807, 2.05) is 36.4 Å². The van der Waals surface area contributed by atoms with Gasteiger partial charge in [0.05, 0.1) is 10.0 Å². The Labute approximate surface area is 109 Å². The number of aromatic nitrogens is 1. The Hall–Kier alpha value is -1.51. The molecule has 17 heavy (non-hydrogen) atoms. The molecule has 0 aliphatic carbocycles. The number of hydrogen-bond acceptors (Lipinski definition) is 2. The minimum absolute atomic E-state index is 0.606. The summed E-state index contributed by atoms with van der Waals surface area (Å²) in [7, 11) is 0. The Morgan fingerprint density at radius 3 is 2.00 bits per heavy atom. The lowest BCUT2D eigenvalue weighted by Crippen LogP contribution is -1.62. The number of rotatable bonds is 0. The summed E-state index contributed by atoms with van der Waals surface area (Å²) in [6, 6.07) is 14.9. The molecule has 0 atom stereocenters. The van der Waals surface area contributed by atoms with Crippen LogP contribution in [-0.4, -0.2) is 4.98 Å². The minimum Gasteiger partial charge on any atom is -0.443 e. The van der Waals surface area contributed by atoms with Crippen molar-refractivity contribution in [2.45, 2.75) is 0 Å². The second-order valence-corrected chi connectivity index (χ2v) is 4.05. The van der Waals surface area contributed by atoms with Gasteiger partial charge in [-0.15, -0.1) is 0 Å². The lowest BCUT2D eigenvalue weighted by molar-refractivity contribution is 0.602. The molecule has 2 nitrogen and oxygen atoms in total. The first-order chi connectivity index (χ1) is 8.27. The maximum Gasteiger partial charge on any atom is 0.181 e. The van der Waals surface area contributed by atoms with Crippen LogP contribution in [0.2, 0.25) is 10.0 Å². The molecule has 1 heterocycles. The summed E-state index contributed by atoms with van der Waals surface area (Å²) in [5, 5.41) is 1.21. The highest BCUT2D eigenvalue weighted by molar-refractivity contribution is 6.41. The molecule has 0 radical (unpaired) electrons. The highest BCUT2D eigenvalue weighted by Gasteiger charge is 1.91. The van der Waals surface area contributed by atoms with E-state index in [-0.39, 0.29) is 0 Å². The van der Waals surface area contributed by atoms with Crippen molar-refractivity contribution in [3.8, 4) is 0 Å². The van der Waals surface area contributed by atoms with Crippen LogP contribution in [0.5, 0.6) is 0 Å². The molecule has 3 aromatic rings. The predicted octanol–water partition coefficient (Wildman–Crippen LogP) is 4.82. The molecule has 0 amide bonds. The average molecular weight is 266 g/mol. The number of nitrogens with zero attached hydrogens (tertiary/aromatic N) is 1. The van der Waals surface area contributed by atoms with E-state index in [9.17, 15) is 0 Å². The smallest absolute Gasteiger partial charge is 0.181 e. The Morgan fingerprint density at radius 2 is 1.41 bits per heavy atom. The van der Waals surface area contributed by atoms with E-state index in [0.717, 1.165) is 11.1 Å². The van der Waals surface area contributed by atoms with Gasteiger partial charge in [-0.05, 0) is 24.3 Å². The van der Waals surface area contributed by atoms with Gasteiger partial charge in [-0.2, -0.15) is 0 Å². The molecule has 2 aromatic carbocycles. The molecule has 0 fully saturated rings. The van der Waals surface area contributed by atoms with Gasteiger partial charge in [0.2, 0.25) is 0 Å². The molecule has 0 aliphatic rings. The van der Waals surface area contributed by atoms with Crippen LogP contribution < -0.4 is 0 Å². The van der Waals surface area contributed by atoms with Gasteiger partial charge < -0.3 is 4.42 Å². The number of benzene rings is 2. The molecule has 0 unspecified atom stereocenters. The Morgan fingerprint density at radius 1 is 0.824 bits per heavy atom. The first-order valence-electron chi connectivity index (χ1n) is 4.95. The van der Waals surface area contributed by atoms with Crippen LogP contribution >= 0.6 is 23.2 Å². The first kappa shape index (κ1) is 12.0. The van der Waals surface area contributed by atoms with Crippen molar-refractivity contribution in [3.63, 3.8) is 0 Å². The molecule has 0 saturated carbocycles. The highest BCUT2D eigenvalue weighted by atomic mass is 35.5. The molecule has 0 spiro atoms. The minimum atomic E-state index is 0.606.